The van der Waals surface area contributed by atoms with E-state index in [-0.39, 0.29) is 11.6 Å². The zero-order valence-electron chi connectivity index (χ0n) is 17.9. The van der Waals surface area contributed by atoms with Gasteiger partial charge in [-0.1, -0.05) is 35.7 Å². The first-order valence-corrected chi connectivity index (χ1v) is 10.8. The topological polar surface area (TPSA) is 75.2 Å². The number of aromatic nitrogens is 2. The number of anilines is 1. The molecular weight excluding hydrogens is 415 g/mol. The van der Waals surface area contributed by atoms with E-state index in [9.17, 15) is 14.0 Å². The van der Waals surface area contributed by atoms with E-state index in [1.165, 1.54) is 29.2 Å². The van der Waals surface area contributed by atoms with Crippen molar-refractivity contribution < 1.29 is 14.0 Å². The predicted octanol–water partition coefficient (Wildman–Crippen LogP) is 4.68. The molecule has 0 aliphatic carbocycles. The molecule has 3 aromatic rings. The first kappa shape index (κ1) is 22.6. The van der Waals surface area contributed by atoms with Gasteiger partial charge in [0.25, 0.3) is 5.91 Å². The van der Waals surface area contributed by atoms with Crippen LogP contribution in [0.5, 0.6) is 0 Å². The molecule has 1 N–H and O–H groups in total. The Morgan fingerprint density at radius 1 is 1.19 bits per heavy atom. The second kappa shape index (κ2) is 9.34. The molecule has 0 saturated carbocycles. The quantitative estimate of drug-likeness (QED) is 0.579. The minimum Gasteiger partial charge on any atom is -0.349 e. The number of carbonyl (C=O) groups is 2. The number of carbonyl (C=O) groups excluding carboxylic acids is 2. The molecule has 8 heteroatoms. The van der Waals surface area contributed by atoms with Crippen LogP contribution in [0.15, 0.2) is 53.9 Å². The average Bonchev–Trinajstić information content (AvgIpc) is 3.27. The second-order valence-electron chi connectivity index (χ2n) is 7.99. The van der Waals surface area contributed by atoms with E-state index >= 15 is 0 Å². The molecule has 3 rings (SSSR count). The highest BCUT2D eigenvalue weighted by Crippen LogP contribution is 2.31. The third-order valence-corrected chi connectivity index (χ3v) is 5.62. The summed E-state index contributed by atoms with van der Waals surface area (Å²) in [6.45, 7) is 7.70. The fourth-order valence-corrected chi connectivity index (χ4v) is 3.53. The van der Waals surface area contributed by atoms with Gasteiger partial charge >= 0.3 is 0 Å². The highest BCUT2D eigenvalue weighted by molar-refractivity contribution is 7.03. The Balaban J connectivity index is 2.17. The van der Waals surface area contributed by atoms with Crippen LogP contribution in [0.2, 0.25) is 0 Å². The smallest absolute Gasteiger partial charge is 0.280 e. The summed E-state index contributed by atoms with van der Waals surface area (Å²) in [5, 5.41) is 8.48. The van der Waals surface area contributed by atoms with Gasteiger partial charge in [-0.15, -0.1) is 5.10 Å². The molecule has 0 radical (unpaired) electrons. The molecule has 0 bridgehead atoms. The van der Waals surface area contributed by atoms with Crippen molar-refractivity contribution in [2.24, 2.45) is 0 Å². The van der Waals surface area contributed by atoms with Crippen LogP contribution in [0.1, 0.15) is 54.8 Å². The number of benzene rings is 2. The number of nitrogens with zero attached hydrogens (tertiary/aromatic N) is 3. The van der Waals surface area contributed by atoms with Gasteiger partial charge in [-0.05, 0) is 74.1 Å². The maximum Gasteiger partial charge on any atom is 0.280 e. The molecule has 0 unspecified atom stereocenters. The first-order chi connectivity index (χ1) is 14.7. The molecule has 6 nitrogen and oxygen atoms in total. The van der Waals surface area contributed by atoms with E-state index in [1.807, 2.05) is 45.9 Å². The maximum atomic E-state index is 13.6. The Bertz CT molecular complexity index is 1050. The molecule has 1 heterocycles. The van der Waals surface area contributed by atoms with Crippen LogP contribution < -0.4 is 10.2 Å². The Hall–Kier alpha value is -3.13. The van der Waals surface area contributed by atoms with Gasteiger partial charge in [-0.2, -0.15) is 0 Å². The van der Waals surface area contributed by atoms with Crippen LogP contribution in [-0.4, -0.2) is 26.9 Å². The minimum atomic E-state index is -1.03. The third kappa shape index (κ3) is 5.32. The van der Waals surface area contributed by atoms with Crippen LogP contribution in [0, 0.1) is 12.7 Å². The van der Waals surface area contributed by atoms with Gasteiger partial charge in [-0.25, -0.2) is 4.39 Å². The summed E-state index contributed by atoms with van der Waals surface area (Å²) in [6.07, 6.45) is 0.698. The second-order valence-corrected chi connectivity index (χ2v) is 8.59. The Kier molecular flexibility index (Phi) is 6.80. The molecule has 162 valence electrons. The molecule has 0 spiro atoms. The van der Waals surface area contributed by atoms with Crippen molar-refractivity contribution in [1.82, 2.24) is 14.9 Å². The number of hydrogen-bond donors (Lipinski definition) is 1. The standard InChI is InChI=1S/C23H25FN4O2S/c1-5-23(3,4)25-21(29)20(16-9-11-17(24)12-10-16)28(18-8-6-7-15(2)13-18)22(30)19-14-31-27-26-19/h6-14,20H,5H2,1-4H3,(H,25,29)/t20-/m1/s1. The van der Waals surface area contributed by atoms with Crippen LogP contribution in [0.3, 0.4) is 0 Å². The van der Waals surface area contributed by atoms with E-state index in [4.69, 9.17) is 0 Å². The summed E-state index contributed by atoms with van der Waals surface area (Å²) in [5.41, 5.74) is 1.61. The molecule has 2 aromatic carbocycles. The summed E-state index contributed by atoms with van der Waals surface area (Å²) < 4.78 is 17.4. The van der Waals surface area contributed by atoms with E-state index in [0.29, 0.717) is 17.7 Å². The molecule has 0 saturated heterocycles. The number of amides is 2. The summed E-state index contributed by atoms with van der Waals surface area (Å²) in [5.74, 6) is -1.25. The minimum absolute atomic E-state index is 0.140. The lowest BCUT2D eigenvalue weighted by molar-refractivity contribution is -0.124. The number of aryl methyl sites for hydroxylation is 1. The lowest BCUT2D eigenvalue weighted by Gasteiger charge is -2.34. The molecule has 0 aliphatic rings. The van der Waals surface area contributed by atoms with Gasteiger partial charge in [0.2, 0.25) is 5.91 Å². The van der Waals surface area contributed by atoms with Crippen LogP contribution in [0.4, 0.5) is 10.1 Å². The highest BCUT2D eigenvalue weighted by Gasteiger charge is 2.36. The predicted molar refractivity (Wildman–Crippen MR) is 120 cm³/mol. The summed E-state index contributed by atoms with van der Waals surface area (Å²) in [6, 6.07) is 11.9. The molecule has 0 aliphatic heterocycles. The van der Waals surface area contributed by atoms with Crippen molar-refractivity contribution in [2.75, 3.05) is 4.90 Å². The third-order valence-electron chi connectivity index (χ3n) is 5.12. The van der Waals surface area contributed by atoms with Crippen molar-refractivity contribution in [3.63, 3.8) is 0 Å². The fraction of sp³-hybridized carbons (Fsp3) is 0.304. The number of nitrogens with one attached hydrogen (secondary N) is 1. The average molecular weight is 441 g/mol. The van der Waals surface area contributed by atoms with Crippen molar-refractivity contribution >= 4 is 29.0 Å². The highest BCUT2D eigenvalue weighted by atomic mass is 32.1. The number of rotatable bonds is 7. The Morgan fingerprint density at radius 2 is 1.90 bits per heavy atom. The van der Waals surface area contributed by atoms with E-state index in [0.717, 1.165) is 17.1 Å². The maximum absolute atomic E-state index is 13.6. The zero-order chi connectivity index (χ0) is 22.6. The number of hydrogen-bond acceptors (Lipinski definition) is 5. The van der Waals surface area contributed by atoms with Gasteiger partial charge in [0, 0.05) is 16.6 Å². The summed E-state index contributed by atoms with van der Waals surface area (Å²) >= 11 is 1.06. The lowest BCUT2D eigenvalue weighted by atomic mass is 9.98. The molecule has 2 amide bonds. The molecule has 0 fully saturated rings. The normalized spacial score (nSPS) is 12.3. The largest absolute Gasteiger partial charge is 0.349 e. The van der Waals surface area contributed by atoms with Gasteiger partial charge in [-0.3, -0.25) is 14.5 Å². The SMILES string of the molecule is CCC(C)(C)NC(=O)[C@@H](c1ccc(F)cc1)N(C(=O)c1csnn1)c1cccc(C)c1. The number of halogens is 1. The molecular formula is C23H25FN4O2S. The Labute approximate surface area is 185 Å². The van der Waals surface area contributed by atoms with Gasteiger partial charge in [0.1, 0.15) is 11.9 Å². The van der Waals surface area contributed by atoms with Crippen molar-refractivity contribution in [3.8, 4) is 0 Å². The van der Waals surface area contributed by atoms with Gasteiger partial charge in [0.05, 0.1) is 0 Å². The van der Waals surface area contributed by atoms with Crippen molar-refractivity contribution in [1.29, 1.82) is 0 Å². The lowest BCUT2D eigenvalue weighted by Crippen LogP contribution is -2.50. The van der Waals surface area contributed by atoms with E-state index < -0.39 is 23.3 Å². The molecule has 1 atom stereocenters. The van der Waals surface area contributed by atoms with E-state index in [1.54, 1.807) is 11.4 Å². The monoisotopic (exact) mass is 440 g/mol. The summed E-state index contributed by atoms with van der Waals surface area (Å²) in [4.78, 5) is 28.5. The van der Waals surface area contributed by atoms with Crippen molar-refractivity contribution in [3.05, 3.63) is 76.5 Å². The molecule has 31 heavy (non-hydrogen) atoms. The fourth-order valence-electron chi connectivity index (χ4n) is 3.10. The molecule has 1 aromatic heterocycles. The first-order valence-electron chi connectivity index (χ1n) is 9.96. The zero-order valence-corrected chi connectivity index (χ0v) is 18.7. The Morgan fingerprint density at radius 3 is 2.48 bits per heavy atom. The van der Waals surface area contributed by atoms with Crippen LogP contribution in [-0.2, 0) is 4.79 Å². The van der Waals surface area contributed by atoms with Gasteiger partial charge < -0.3 is 5.32 Å². The van der Waals surface area contributed by atoms with E-state index in [2.05, 4.69) is 14.9 Å². The van der Waals surface area contributed by atoms with Gasteiger partial charge in [0.15, 0.2) is 5.69 Å². The van der Waals surface area contributed by atoms with Crippen LogP contribution in [0.25, 0.3) is 0 Å². The summed E-state index contributed by atoms with van der Waals surface area (Å²) in [7, 11) is 0. The van der Waals surface area contributed by atoms with Crippen LogP contribution >= 0.6 is 11.5 Å². The van der Waals surface area contributed by atoms with Crippen molar-refractivity contribution in [2.45, 2.75) is 45.7 Å².